The fourth-order valence-corrected chi connectivity index (χ4v) is 5.72. The van der Waals surface area contributed by atoms with Gasteiger partial charge in [0.1, 0.15) is 10.6 Å². The molecule has 30 heavy (non-hydrogen) atoms. The van der Waals surface area contributed by atoms with Crippen molar-refractivity contribution in [3.8, 4) is 5.75 Å². The number of fused-ring (bicyclic) bond motifs is 1. The summed E-state index contributed by atoms with van der Waals surface area (Å²) in [6, 6.07) is 18.4. The van der Waals surface area contributed by atoms with Gasteiger partial charge < -0.3 is 10.1 Å². The molecule has 1 aliphatic rings. The van der Waals surface area contributed by atoms with Crippen molar-refractivity contribution in [2.45, 2.75) is 13.1 Å². The molecule has 0 unspecified atom stereocenters. The van der Waals surface area contributed by atoms with Crippen molar-refractivity contribution < 1.29 is 17.9 Å². The van der Waals surface area contributed by atoms with Crippen LogP contribution in [0.3, 0.4) is 0 Å². The average Bonchev–Trinajstić information content (AvgIpc) is 3.24. The topological polar surface area (TPSA) is 75.7 Å². The van der Waals surface area contributed by atoms with Crippen molar-refractivity contribution in [1.82, 2.24) is 5.32 Å². The number of benzene rings is 2. The van der Waals surface area contributed by atoms with Crippen LogP contribution in [0.2, 0.25) is 0 Å². The summed E-state index contributed by atoms with van der Waals surface area (Å²) in [7, 11) is -2.40. The van der Waals surface area contributed by atoms with Crippen LogP contribution in [0, 0.1) is 0 Å². The third-order valence-corrected chi connectivity index (χ3v) is 7.45. The zero-order chi connectivity index (χ0) is 21.1. The van der Waals surface area contributed by atoms with E-state index in [-0.39, 0.29) is 11.4 Å². The first-order chi connectivity index (χ1) is 14.5. The molecule has 0 fully saturated rings. The van der Waals surface area contributed by atoms with E-state index < -0.39 is 15.8 Å². The molecule has 4 rings (SSSR count). The van der Waals surface area contributed by atoms with E-state index in [0.717, 1.165) is 16.9 Å². The van der Waals surface area contributed by atoms with Gasteiger partial charge in [-0.2, -0.15) is 0 Å². The average molecular weight is 441 g/mol. The van der Waals surface area contributed by atoms with E-state index in [0.29, 0.717) is 17.1 Å². The summed E-state index contributed by atoms with van der Waals surface area (Å²) in [6.07, 6.45) is 1.31. The lowest BCUT2D eigenvalue weighted by Crippen LogP contribution is -2.38. The van der Waals surface area contributed by atoms with Crippen molar-refractivity contribution in [2.24, 2.45) is 0 Å². The summed E-state index contributed by atoms with van der Waals surface area (Å²) in [5, 5.41) is 4.72. The first-order valence-corrected chi connectivity index (χ1v) is 11.6. The number of thiophene rings is 1. The number of methoxy groups -OCH3 is 1. The number of sulfonamides is 1. The number of nitrogens with zero attached hydrogens (tertiary/aromatic N) is 1. The van der Waals surface area contributed by atoms with Crippen molar-refractivity contribution >= 4 is 32.8 Å². The molecule has 0 atom stereocenters. The van der Waals surface area contributed by atoms with Gasteiger partial charge in [0.05, 0.1) is 19.3 Å². The van der Waals surface area contributed by atoms with Crippen LogP contribution in [-0.2, 0) is 23.1 Å². The Hall–Kier alpha value is -3.10. The number of hydrogen-bond donors (Lipinski definition) is 1. The molecule has 6 nitrogen and oxygen atoms in total. The summed E-state index contributed by atoms with van der Waals surface area (Å²) in [5.74, 6) is 0.260. The Morgan fingerprint density at radius 2 is 1.77 bits per heavy atom. The minimum atomic E-state index is -3.99. The second-order valence-electron chi connectivity index (χ2n) is 6.70. The third kappa shape index (κ3) is 3.83. The van der Waals surface area contributed by atoms with E-state index in [1.54, 1.807) is 18.6 Å². The van der Waals surface area contributed by atoms with E-state index in [9.17, 15) is 13.2 Å². The first-order valence-electron chi connectivity index (χ1n) is 9.26. The van der Waals surface area contributed by atoms with Gasteiger partial charge in [-0.25, -0.2) is 8.42 Å². The van der Waals surface area contributed by atoms with E-state index in [1.807, 2.05) is 54.6 Å². The molecule has 0 saturated heterocycles. The Kier molecular flexibility index (Phi) is 5.61. The molecule has 1 aliphatic heterocycles. The smallest absolute Gasteiger partial charge is 0.270 e. The predicted molar refractivity (Wildman–Crippen MR) is 118 cm³/mol. The van der Waals surface area contributed by atoms with Crippen molar-refractivity contribution in [1.29, 1.82) is 0 Å². The quantitative estimate of drug-likeness (QED) is 0.588. The molecule has 3 aromatic rings. The van der Waals surface area contributed by atoms with Crippen LogP contribution in [0.5, 0.6) is 5.75 Å². The number of anilines is 1. The highest BCUT2D eigenvalue weighted by atomic mass is 32.2. The van der Waals surface area contributed by atoms with Gasteiger partial charge in [-0.15, -0.1) is 11.3 Å². The van der Waals surface area contributed by atoms with Crippen molar-refractivity contribution in [2.75, 3.05) is 11.4 Å². The summed E-state index contributed by atoms with van der Waals surface area (Å²) >= 11 is 1.25. The molecule has 0 spiro atoms. The number of carbonyl (C=O) groups excluding carboxylic acids is 1. The summed E-state index contributed by atoms with van der Waals surface area (Å²) in [5.41, 5.74) is 2.21. The Labute approximate surface area is 179 Å². The fourth-order valence-electron chi connectivity index (χ4n) is 3.21. The number of hydrogen-bond acceptors (Lipinski definition) is 6. The normalized spacial score (nSPS) is 16.4. The number of ketones is 1. The summed E-state index contributed by atoms with van der Waals surface area (Å²) in [6.45, 7) is 0.544. The van der Waals surface area contributed by atoms with Crippen molar-refractivity contribution in [3.05, 3.63) is 93.2 Å². The molecule has 8 heteroatoms. The highest BCUT2D eigenvalue weighted by Crippen LogP contribution is 2.39. The van der Waals surface area contributed by atoms with Crippen LogP contribution in [0.1, 0.15) is 20.8 Å². The zero-order valence-corrected chi connectivity index (χ0v) is 17.9. The Balaban J connectivity index is 1.62. The SMILES string of the molecule is COc1ccc(CN/C=C2/C(=O)c3sccc3N(Cc3ccccc3)S2(=O)=O)cc1. The van der Waals surface area contributed by atoms with Gasteiger partial charge >= 0.3 is 0 Å². The van der Waals surface area contributed by atoms with Gasteiger partial charge in [-0.1, -0.05) is 42.5 Å². The van der Waals surface area contributed by atoms with Crippen LogP contribution in [0.4, 0.5) is 5.69 Å². The summed E-state index contributed by atoms with van der Waals surface area (Å²) < 4.78 is 33.0. The summed E-state index contributed by atoms with van der Waals surface area (Å²) in [4.78, 5) is 13.1. The van der Waals surface area contributed by atoms with Gasteiger partial charge in [-0.3, -0.25) is 9.10 Å². The largest absolute Gasteiger partial charge is 0.497 e. The number of rotatable bonds is 6. The van der Waals surface area contributed by atoms with Crippen LogP contribution in [0.15, 0.2) is 77.1 Å². The second kappa shape index (κ2) is 8.33. The number of nitrogens with one attached hydrogen (secondary N) is 1. The van der Waals surface area contributed by atoms with Gasteiger partial charge in [0.15, 0.2) is 4.91 Å². The molecule has 2 heterocycles. The monoisotopic (exact) mass is 440 g/mol. The first kappa shape index (κ1) is 20.2. The lowest BCUT2D eigenvalue weighted by atomic mass is 10.2. The Morgan fingerprint density at radius 1 is 1.03 bits per heavy atom. The molecule has 154 valence electrons. The number of carbonyl (C=O) groups is 1. The molecule has 0 saturated carbocycles. The minimum absolute atomic E-state index is 0.163. The van der Waals surface area contributed by atoms with Gasteiger partial charge in [0, 0.05) is 12.7 Å². The standard InChI is InChI=1S/C22H20N2O4S2/c1-28-18-9-7-16(8-10-18)13-23-14-20-21(25)22-19(11-12-29-22)24(30(20,26)27)15-17-5-3-2-4-6-17/h2-12,14,23H,13,15H2,1H3/b20-14-. The molecule has 1 aromatic heterocycles. The molecule has 0 bridgehead atoms. The van der Waals surface area contributed by atoms with E-state index in [2.05, 4.69) is 5.32 Å². The number of Topliss-reactive ketones (excluding diaryl/α,β-unsaturated/α-hetero) is 1. The molecule has 0 aliphatic carbocycles. The fraction of sp³-hybridized carbons (Fsp3) is 0.136. The minimum Gasteiger partial charge on any atom is -0.497 e. The Bertz CT molecular complexity index is 1180. The number of allylic oxidation sites excluding steroid dienone is 1. The maximum Gasteiger partial charge on any atom is 0.270 e. The molecular weight excluding hydrogens is 420 g/mol. The lowest BCUT2D eigenvalue weighted by Gasteiger charge is -2.29. The van der Waals surface area contributed by atoms with Gasteiger partial charge in [-0.05, 0) is 34.7 Å². The predicted octanol–water partition coefficient (Wildman–Crippen LogP) is 3.92. The van der Waals surface area contributed by atoms with Crippen LogP contribution < -0.4 is 14.4 Å². The maximum atomic E-state index is 13.3. The van der Waals surface area contributed by atoms with Gasteiger partial charge in [0.25, 0.3) is 10.0 Å². The Morgan fingerprint density at radius 3 is 2.47 bits per heavy atom. The molecule has 0 amide bonds. The van der Waals surface area contributed by atoms with E-state index in [1.165, 1.54) is 21.8 Å². The van der Waals surface area contributed by atoms with Crippen molar-refractivity contribution in [3.63, 3.8) is 0 Å². The molecule has 2 aromatic carbocycles. The lowest BCUT2D eigenvalue weighted by molar-refractivity contribution is 0.104. The van der Waals surface area contributed by atoms with Crippen LogP contribution in [0.25, 0.3) is 0 Å². The highest BCUT2D eigenvalue weighted by Gasteiger charge is 2.41. The third-order valence-electron chi connectivity index (χ3n) is 4.78. The molecule has 0 radical (unpaired) electrons. The maximum absolute atomic E-state index is 13.3. The van der Waals surface area contributed by atoms with E-state index in [4.69, 9.17) is 4.74 Å². The molecule has 1 N–H and O–H groups in total. The van der Waals surface area contributed by atoms with E-state index >= 15 is 0 Å². The number of ether oxygens (including phenoxy) is 1. The van der Waals surface area contributed by atoms with Gasteiger partial charge in [0.2, 0.25) is 5.78 Å². The second-order valence-corrected chi connectivity index (χ2v) is 9.45. The van der Waals surface area contributed by atoms with Crippen LogP contribution >= 0.6 is 11.3 Å². The van der Waals surface area contributed by atoms with Crippen LogP contribution in [-0.4, -0.2) is 21.3 Å². The highest BCUT2D eigenvalue weighted by molar-refractivity contribution is 7.97. The zero-order valence-electron chi connectivity index (χ0n) is 16.2. The molecular formula is C22H20N2O4S2.